The van der Waals surface area contributed by atoms with Gasteiger partial charge in [0.05, 0.1) is 0 Å². The Kier molecular flexibility index (Phi) is 7.87. The highest BCUT2D eigenvalue weighted by molar-refractivity contribution is 7.14. The SMILES string of the molecule is CC(C)(Cc1ccc(C(=O)Oc2ccc(C(=N)N)cc2F)s1)C(=O)NC1(C(=O)O)CCC1.Cl. The van der Waals surface area contributed by atoms with E-state index >= 15 is 0 Å². The third kappa shape index (κ3) is 5.69. The molecular formula is C22H25ClFN3O5S. The van der Waals surface area contributed by atoms with E-state index in [9.17, 15) is 23.9 Å². The highest BCUT2D eigenvalue weighted by atomic mass is 35.5. The number of carbonyl (C=O) groups excluding carboxylic acids is 2. The molecule has 0 atom stereocenters. The van der Waals surface area contributed by atoms with Gasteiger partial charge in [-0.1, -0.05) is 13.8 Å². The molecule has 0 saturated heterocycles. The number of nitrogen functional groups attached to an aromatic ring is 1. The second-order valence-corrected chi connectivity index (χ2v) is 9.64. The highest BCUT2D eigenvalue weighted by Gasteiger charge is 2.47. The van der Waals surface area contributed by atoms with E-state index in [0.717, 1.165) is 28.7 Å². The average Bonchev–Trinajstić information content (AvgIpc) is 3.13. The number of amides is 1. The Morgan fingerprint density at radius 2 is 1.94 bits per heavy atom. The van der Waals surface area contributed by atoms with Crippen LogP contribution in [0.15, 0.2) is 30.3 Å². The number of benzene rings is 1. The standard InChI is InChI=1S/C22H24FN3O5S.ClH/c1-21(2,19(28)26-22(20(29)30)8-3-9-22)11-13-5-7-16(32-13)18(27)31-15-6-4-12(17(24)25)10-14(15)23;/h4-7,10H,3,8-9,11H2,1-2H3,(H3,24,25)(H,26,28)(H,29,30);1H. The van der Waals surface area contributed by atoms with Crippen molar-refractivity contribution in [1.82, 2.24) is 5.32 Å². The molecule has 178 valence electrons. The summed E-state index contributed by atoms with van der Waals surface area (Å²) in [7, 11) is 0. The molecule has 0 bridgehead atoms. The highest BCUT2D eigenvalue weighted by Crippen LogP contribution is 2.35. The van der Waals surface area contributed by atoms with E-state index in [0.29, 0.717) is 12.8 Å². The number of nitrogens with one attached hydrogen (secondary N) is 2. The van der Waals surface area contributed by atoms with Gasteiger partial charge in [0.25, 0.3) is 0 Å². The number of esters is 1. The van der Waals surface area contributed by atoms with Crippen LogP contribution in [0.1, 0.15) is 53.2 Å². The molecule has 0 radical (unpaired) electrons. The maximum Gasteiger partial charge on any atom is 0.353 e. The number of aliphatic carboxylic acids is 1. The van der Waals surface area contributed by atoms with Crippen molar-refractivity contribution in [2.24, 2.45) is 11.1 Å². The van der Waals surface area contributed by atoms with Crippen LogP contribution >= 0.6 is 23.7 Å². The topological polar surface area (TPSA) is 143 Å². The summed E-state index contributed by atoms with van der Waals surface area (Å²) >= 11 is 1.12. The quantitative estimate of drug-likeness (QED) is 0.190. The zero-order valence-corrected chi connectivity index (χ0v) is 19.7. The van der Waals surface area contributed by atoms with E-state index in [1.54, 1.807) is 19.9 Å². The number of amidine groups is 1. The monoisotopic (exact) mass is 497 g/mol. The lowest BCUT2D eigenvalue weighted by molar-refractivity contribution is -0.153. The van der Waals surface area contributed by atoms with Crippen LogP contribution in [0.4, 0.5) is 4.39 Å². The van der Waals surface area contributed by atoms with Crippen LogP contribution in [-0.4, -0.2) is 34.3 Å². The molecule has 0 aliphatic heterocycles. The lowest BCUT2D eigenvalue weighted by Gasteiger charge is -2.40. The summed E-state index contributed by atoms with van der Waals surface area (Å²) in [6.45, 7) is 3.42. The fourth-order valence-corrected chi connectivity index (χ4v) is 4.42. The largest absolute Gasteiger partial charge is 0.480 e. The van der Waals surface area contributed by atoms with Gasteiger partial charge < -0.3 is 20.9 Å². The smallest absolute Gasteiger partial charge is 0.353 e. The van der Waals surface area contributed by atoms with Gasteiger partial charge in [-0.25, -0.2) is 14.0 Å². The molecule has 1 fully saturated rings. The van der Waals surface area contributed by atoms with Crippen molar-refractivity contribution >= 4 is 47.4 Å². The molecule has 1 aliphatic carbocycles. The van der Waals surface area contributed by atoms with Crippen LogP contribution < -0.4 is 15.8 Å². The van der Waals surface area contributed by atoms with Crippen LogP contribution in [0.5, 0.6) is 5.75 Å². The number of halogens is 2. The molecule has 1 aromatic carbocycles. The van der Waals surface area contributed by atoms with Crippen molar-refractivity contribution in [1.29, 1.82) is 5.41 Å². The van der Waals surface area contributed by atoms with Gasteiger partial charge in [0.1, 0.15) is 16.3 Å². The predicted octanol–water partition coefficient (Wildman–Crippen LogP) is 3.50. The number of carbonyl (C=O) groups is 3. The summed E-state index contributed by atoms with van der Waals surface area (Å²) in [4.78, 5) is 37.6. The zero-order chi connectivity index (χ0) is 23.7. The minimum Gasteiger partial charge on any atom is -0.480 e. The first-order valence-electron chi connectivity index (χ1n) is 9.94. The fraction of sp³-hybridized carbons (Fsp3) is 0.364. The average molecular weight is 498 g/mol. The third-order valence-electron chi connectivity index (χ3n) is 5.51. The van der Waals surface area contributed by atoms with Crippen LogP contribution in [0, 0.1) is 16.6 Å². The van der Waals surface area contributed by atoms with Crippen molar-refractivity contribution < 1.29 is 28.6 Å². The third-order valence-corrected chi connectivity index (χ3v) is 6.57. The first-order valence-corrected chi connectivity index (χ1v) is 10.8. The van der Waals surface area contributed by atoms with Gasteiger partial charge in [-0.3, -0.25) is 10.2 Å². The first-order chi connectivity index (χ1) is 14.9. The molecule has 0 unspecified atom stereocenters. The summed E-state index contributed by atoms with van der Waals surface area (Å²) in [5.41, 5.74) is 3.39. The van der Waals surface area contributed by atoms with Gasteiger partial charge in [-0.2, -0.15) is 0 Å². The van der Waals surface area contributed by atoms with Gasteiger partial charge >= 0.3 is 11.9 Å². The molecule has 2 aromatic rings. The van der Waals surface area contributed by atoms with E-state index in [1.165, 1.54) is 18.2 Å². The van der Waals surface area contributed by atoms with Crippen LogP contribution in [-0.2, 0) is 16.0 Å². The zero-order valence-electron chi connectivity index (χ0n) is 18.1. The molecule has 3 rings (SSSR count). The maximum absolute atomic E-state index is 14.1. The van der Waals surface area contributed by atoms with Gasteiger partial charge in [0, 0.05) is 15.9 Å². The summed E-state index contributed by atoms with van der Waals surface area (Å²) in [5, 5.41) is 19.4. The van der Waals surface area contributed by atoms with Gasteiger partial charge in [0.2, 0.25) is 5.91 Å². The van der Waals surface area contributed by atoms with Crippen molar-refractivity contribution in [3.8, 4) is 5.75 Å². The summed E-state index contributed by atoms with van der Waals surface area (Å²) in [5.74, 6) is -3.55. The van der Waals surface area contributed by atoms with Crippen LogP contribution in [0.25, 0.3) is 0 Å². The molecule has 1 aromatic heterocycles. The molecule has 33 heavy (non-hydrogen) atoms. The lowest BCUT2D eigenvalue weighted by atomic mass is 9.75. The second kappa shape index (κ2) is 9.88. The number of ether oxygens (including phenoxy) is 1. The number of hydrogen-bond acceptors (Lipinski definition) is 6. The molecule has 1 aliphatic rings. The Labute approximate surface area is 200 Å². The van der Waals surface area contributed by atoms with Gasteiger partial charge in [0.15, 0.2) is 11.6 Å². The van der Waals surface area contributed by atoms with E-state index in [1.807, 2.05) is 0 Å². The maximum atomic E-state index is 14.1. The van der Waals surface area contributed by atoms with Gasteiger partial charge in [-0.15, -0.1) is 23.7 Å². The number of hydrogen-bond donors (Lipinski definition) is 4. The molecule has 5 N–H and O–H groups in total. The number of nitrogens with two attached hydrogens (primary N) is 1. The predicted molar refractivity (Wildman–Crippen MR) is 124 cm³/mol. The Balaban J connectivity index is 0.00000385. The molecule has 0 spiro atoms. The molecular weight excluding hydrogens is 473 g/mol. The Bertz CT molecular complexity index is 1100. The molecule has 8 nitrogen and oxygen atoms in total. The molecule has 1 saturated carbocycles. The number of thiophene rings is 1. The molecule has 1 heterocycles. The van der Waals surface area contributed by atoms with E-state index in [-0.39, 0.29) is 46.8 Å². The Morgan fingerprint density at radius 3 is 2.45 bits per heavy atom. The lowest BCUT2D eigenvalue weighted by Crippen LogP contribution is -2.61. The summed E-state index contributed by atoms with van der Waals surface area (Å²) in [6, 6.07) is 6.83. The van der Waals surface area contributed by atoms with Crippen molar-refractivity contribution in [3.05, 3.63) is 51.5 Å². The van der Waals surface area contributed by atoms with Crippen LogP contribution in [0.3, 0.4) is 0 Å². The first kappa shape index (κ1) is 26.3. The van der Waals surface area contributed by atoms with E-state index in [4.69, 9.17) is 15.9 Å². The second-order valence-electron chi connectivity index (χ2n) is 8.47. The van der Waals surface area contributed by atoms with Crippen molar-refractivity contribution in [3.63, 3.8) is 0 Å². The number of carboxylic acid groups (broad SMARTS) is 1. The van der Waals surface area contributed by atoms with Crippen molar-refractivity contribution in [2.75, 3.05) is 0 Å². The minimum absolute atomic E-state index is 0. The summed E-state index contributed by atoms with van der Waals surface area (Å²) < 4.78 is 19.2. The van der Waals surface area contributed by atoms with Crippen LogP contribution in [0.2, 0.25) is 0 Å². The number of rotatable bonds is 8. The van der Waals surface area contributed by atoms with Crippen molar-refractivity contribution in [2.45, 2.75) is 45.1 Å². The number of carboxylic acids is 1. The minimum atomic E-state index is -1.19. The van der Waals surface area contributed by atoms with E-state index < -0.39 is 28.7 Å². The van der Waals surface area contributed by atoms with E-state index in [2.05, 4.69) is 5.32 Å². The normalized spacial score (nSPS) is 14.4. The molecule has 1 amide bonds. The van der Waals surface area contributed by atoms with Gasteiger partial charge in [-0.05, 0) is 56.0 Å². The Hall–Kier alpha value is -2.98. The Morgan fingerprint density at radius 1 is 1.27 bits per heavy atom. The fourth-order valence-electron chi connectivity index (χ4n) is 3.31. The summed E-state index contributed by atoms with van der Waals surface area (Å²) in [6.07, 6.45) is 1.85. The molecule has 11 heteroatoms.